The minimum Gasteiger partial charge on any atom is -0.204 e. The van der Waals surface area contributed by atoms with Crippen LogP contribution in [0.5, 0.6) is 0 Å². The largest absolute Gasteiger partial charge is 0.204 e. The smallest absolute Gasteiger partial charge is 0.159 e. The number of hydrogen-bond donors (Lipinski definition) is 0. The van der Waals surface area contributed by atoms with Gasteiger partial charge in [-0.3, -0.25) is 0 Å². The molecule has 0 spiro atoms. The van der Waals surface area contributed by atoms with Crippen LogP contribution in [-0.2, 0) is 0 Å². The standard InChI is InChI=1S/C12H15BrF2/c1-7(2)12(13)8(3)9-4-5-10(14)11(15)6-9/h4-8,12H,1-3H3. The first-order valence-corrected chi connectivity index (χ1v) is 5.94. The van der Waals surface area contributed by atoms with Crippen molar-refractivity contribution >= 4 is 15.9 Å². The third-order valence-electron chi connectivity index (χ3n) is 2.58. The molecule has 2 unspecified atom stereocenters. The molecule has 0 radical (unpaired) electrons. The normalized spacial score (nSPS) is 15.4. The van der Waals surface area contributed by atoms with Crippen molar-refractivity contribution in [1.82, 2.24) is 0 Å². The number of alkyl halides is 1. The maximum absolute atomic E-state index is 13.0. The predicted octanol–water partition coefficient (Wildman–Crippen LogP) is 4.49. The van der Waals surface area contributed by atoms with Crippen molar-refractivity contribution in [3.05, 3.63) is 35.4 Å². The Bertz CT molecular complexity index is 336. The van der Waals surface area contributed by atoms with Gasteiger partial charge in [-0.15, -0.1) is 0 Å². The summed E-state index contributed by atoms with van der Waals surface area (Å²) in [7, 11) is 0. The lowest BCUT2D eigenvalue weighted by Crippen LogP contribution is -2.15. The zero-order valence-electron chi connectivity index (χ0n) is 9.10. The van der Waals surface area contributed by atoms with Gasteiger partial charge in [-0.1, -0.05) is 42.8 Å². The maximum Gasteiger partial charge on any atom is 0.159 e. The molecule has 1 aromatic rings. The summed E-state index contributed by atoms with van der Waals surface area (Å²) in [5.74, 6) is -0.947. The topological polar surface area (TPSA) is 0 Å². The van der Waals surface area contributed by atoms with E-state index in [1.54, 1.807) is 6.07 Å². The van der Waals surface area contributed by atoms with Crippen molar-refractivity contribution in [2.24, 2.45) is 5.92 Å². The van der Waals surface area contributed by atoms with Gasteiger partial charge in [-0.2, -0.15) is 0 Å². The van der Waals surface area contributed by atoms with Crippen LogP contribution >= 0.6 is 15.9 Å². The van der Waals surface area contributed by atoms with Crippen LogP contribution in [0.1, 0.15) is 32.3 Å². The van der Waals surface area contributed by atoms with Gasteiger partial charge in [0.05, 0.1) is 0 Å². The highest BCUT2D eigenvalue weighted by atomic mass is 79.9. The first kappa shape index (κ1) is 12.6. The minimum absolute atomic E-state index is 0.167. The highest BCUT2D eigenvalue weighted by molar-refractivity contribution is 9.09. The van der Waals surface area contributed by atoms with E-state index in [2.05, 4.69) is 29.8 Å². The van der Waals surface area contributed by atoms with Crippen LogP contribution in [0.4, 0.5) is 8.78 Å². The third kappa shape index (κ3) is 3.00. The van der Waals surface area contributed by atoms with Crippen molar-refractivity contribution in [2.75, 3.05) is 0 Å². The van der Waals surface area contributed by atoms with E-state index in [1.165, 1.54) is 12.1 Å². The second-order valence-corrected chi connectivity index (χ2v) is 5.21. The molecule has 3 heteroatoms. The number of rotatable bonds is 3. The Labute approximate surface area is 97.8 Å². The zero-order chi connectivity index (χ0) is 11.6. The summed E-state index contributed by atoms with van der Waals surface area (Å²) in [6.07, 6.45) is 0. The first-order chi connectivity index (χ1) is 6.93. The van der Waals surface area contributed by atoms with Gasteiger partial charge in [0.1, 0.15) is 0 Å². The molecule has 0 fully saturated rings. The molecule has 1 rings (SSSR count). The molecule has 15 heavy (non-hydrogen) atoms. The van der Waals surface area contributed by atoms with E-state index in [1.807, 2.05) is 6.92 Å². The van der Waals surface area contributed by atoms with E-state index in [-0.39, 0.29) is 10.7 Å². The van der Waals surface area contributed by atoms with Crippen LogP contribution in [0.15, 0.2) is 18.2 Å². The average molecular weight is 277 g/mol. The number of benzene rings is 1. The zero-order valence-corrected chi connectivity index (χ0v) is 10.7. The quantitative estimate of drug-likeness (QED) is 0.714. The highest BCUT2D eigenvalue weighted by Crippen LogP contribution is 2.30. The lowest BCUT2D eigenvalue weighted by Gasteiger charge is -2.22. The van der Waals surface area contributed by atoms with Gasteiger partial charge in [0.2, 0.25) is 0 Å². The fourth-order valence-electron chi connectivity index (χ4n) is 1.56. The van der Waals surface area contributed by atoms with Crippen molar-refractivity contribution in [3.63, 3.8) is 0 Å². The Kier molecular flexibility index (Phi) is 4.26. The number of hydrogen-bond acceptors (Lipinski definition) is 0. The van der Waals surface area contributed by atoms with E-state index in [0.717, 1.165) is 5.56 Å². The van der Waals surface area contributed by atoms with Gasteiger partial charge in [-0.25, -0.2) is 8.78 Å². The summed E-state index contributed by atoms with van der Waals surface area (Å²) in [6, 6.07) is 4.09. The van der Waals surface area contributed by atoms with Gasteiger partial charge in [0.15, 0.2) is 11.6 Å². The lowest BCUT2D eigenvalue weighted by molar-refractivity contribution is 0.500. The van der Waals surface area contributed by atoms with E-state index < -0.39 is 11.6 Å². The molecule has 84 valence electrons. The molecule has 0 aliphatic rings. The second kappa shape index (κ2) is 5.06. The Morgan fingerprint density at radius 1 is 1.07 bits per heavy atom. The molecule has 0 saturated heterocycles. The molecule has 0 aliphatic carbocycles. The van der Waals surface area contributed by atoms with Crippen LogP contribution in [-0.4, -0.2) is 4.83 Å². The molecule has 0 saturated carbocycles. The van der Waals surface area contributed by atoms with Crippen LogP contribution in [0.2, 0.25) is 0 Å². The van der Waals surface area contributed by atoms with Crippen molar-refractivity contribution in [2.45, 2.75) is 31.5 Å². The molecule has 0 nitrogen and oxygen atoms in total. The minimum atomic E-state index is -0.790. The Balaban J connectivity index is 2.91. The van der Waals surface area contributed by atoms with Gasteiger partial charge in [-0.05, 0) is 29.5 Å². The Morgan fingerprint density at radius 3 is 2.13 bits per heavy atom. The molecule has 0 aromatic heterocycles. The molecule has 2 atom stereocenters. The molecule has 0 amide bonds. The van der Waals surface area contributed by atoms with Crippen LogP contribution in [0, 0.1) is 17.6 Å². The highest BCUT2D eigenvalue weighted by Gasteiger charge is 2.20. The molecule has 0 aliphatic heterocycles. The van der Waals surface area contributed by atoms with Crippen molar-refractivity contribution < 1.29 is 8.78 Å². The third-order valence-corrected chi connectivity index (χ3v) is 4.43. The Morgan fingerprint density at radius 2 is 1.67 bits per heavy atom. The summed E-state index contributed by atoms with van der Waals surface area (Å²) in [6.45, 7) is 6.19. The molecular formula is C12H15BrF2. The molecule has 0 heterocycles. The summed E-state index contributed by atoms with van der Waals surface area (Å²) in [4.78, 5) is 0.266. The first-order valence-electron chi connectivity index (χ1n) is 5.02. The summed E-state index contributed by atoms with van der Waals surface area (Å²) >= 11 is 3.57. The van der Waals surface area contributed by atoms with E-state index in [0.29, 0.717) is 5.92 Å². The Hall–Kier alpha value is -0.440. The SMILES string of the molecule is CC(C)C(Br)C(C)c1ccc(F)c(F)c1. The summed E-state index contributed by atoms with van der Waals surface area (Å²) < 4.78 is 25.7. The van der Waals surface area contributed by atoms with E-state index >= 15 is 0 Å². The van der Waals surface area contributed by atoms with Gasteiger partial charge >= 0.3 is 0 Å². The van der Waals surface area contributed by atoms with Crippen LogP contribution in [0.3, 0.4) is 0 Å². The summed E-state index contributed by atoms with van der Waals surface area (Å²) in [5, 5.41) is 0. The fourth-order valence-corrected chi connectivity index (χ4v) is 1.86. The molecule has 0 bridgehead atoms. The average Bonchev–Trinajstić information content (AvgIpc) is 2.19. The predicted molar refractivity (Wildman–Crippen MR) is 62.3 cm³/mol. The molecule has 1 aromatic carbocycles. The van der Waals surface area contributed by atoms with Crippen molar-refractivity contribution in [1.29, 1.82) is 0 Å². The van der Waals surface area contributed by atoms with Crippen molar-refractivity contribution in [3.8, 4) is 0 Å². The van der Waals surface area contributed by atoms with Gasteiger partial charge < -0.3 is 0 Å². The van der Waals surface area contributed by atoms with E-state index in [4.69, 9.17) is 0 Å². The molecular weight excluding hydrogens is 262 g/mol. The summed E-state index contributed by atoms with van der Waals surface area (Å²) in [5.41, 5.74) is 0.824. The second-order valence-electron chi connectivity index (χ2n) is 4.15. The number of halogens is 3. The monoisotopic (exact) mass is 276 g/mol. The molecule has 0 N–H and O–H groups in total. The fraction of sp³-hybridized carbons (Fsp3) is 0.500. The van der Waals surface area contributed by atoms with Crippen LogP contribution < -0.4 is 0 Å². The van der Waals surface area contributed by atoms with Crippen LogP contribution in [0.25, 0.3) is 0 Å². The van der Waals surface area contributed by atoms with Gasteiger partial charge in [0, 0.05) is 4.83 Å². The lowest BCUT2D eigenvalue weighted by atomic mass is 9.92. The van der Waals surface area contributed by atoms with Gasteiger partial charge in [0.25, 0.3) is 0 Å². The maximum atomic E-state index is 13.0. The van der Waals surface area contributed by atoms with E-state index in [9.17, 15) is 8.78 Å².